The van der Waals surface area contributed by atoms with Crippen molar-refractivity contribution < 1.29 is 13.2 Å². The van der Waals surface area contributed by atoms with Crippen LogP contribution in [0.5, 0.6) is 0 Å². The predicted octanol–water partition coefficient (Wildman–Crippen LogP) is 3.46. The summed E-state index contributed by atoms with van der Waals surface area (Å²) in [5.74, 6) is 0.817. The number of hydrogen-bond donors (Lipinski definition) is 0. The van der Waals surface area contributed by atoms with Gasteiger partial charge in [-0.1, -0.05) is 34.1 Å². The van der Waals surface area contributed by atoms with Crippen LogP contribution in [0.1, 0.15) is 15.9 Å². The third-order valence-electron chi connectivity index (χ3n) is 4.44. The Kier molecular flexibility index (Phi) is 6.62. The zero-order valence-electron chi connectivity index (χ0n) is 15.0. The molecule has 0 unspecified atom stereocenters. The van der Waals surface area contributed by atoms with Crippen LogP contribution in [0.4, 0.5) is 0 Å². The highest BCUT2D eigenvalue weighted by Gasteiger charge is 2.30. The van der Waals surface area contributed by atoms with Gasteiger partial charge in [-0.2, -0.15) is 16.1 Å². The van der Waals surface area contributed by atoms with Gasteiger partial charge in [-0.25, -0.2) is 8.42 Å². The number of carbonyl (C=O) groups excluding carboxylic acids is 1. The van der Waals surface area contributed by atoms with E-state index in [0.29, 0.717) is 31.7 Å². The molecule has 1 fully saturated rings. The Bertz CT molecular complexity index is 926. The van der Waals surface area contributed by atoms with E-state index in [1.807, 2.05) is 30.5 Å². The molecule has 0 saturated carbocycles. The minimum atomic E-state index is -3.55. The fraction of sp³-hybridized carbons (Fsp3) is 0.316. The van der Waals surface area contributed by atoms with Gasteiger partial charge in [0.25, 0.3) is 5.91 Å². The van der Waals surface area contributed by atoms with Crippen molar-refractivity contribution in [2.24, 2.45) is 0 Å². The lowest BCUT2D eigenvalue weighted by molar-refractivity contribution is 0.0698. The summed E-state index contributed by atoms with van der Waals surface area (Å²) in [4.78, 5) is 14.8. The molecule has 2 aromatic rings. The molecule has 0 aliphatic carbocycles. The molecule has 1 aliphatic rings. The lowest BCUT2D eigenvalue weighted by Crippen LogP contribution is -2.50. The van der Waals surface area contributed by atoms with Crippen molar-refractivity contribution in [3.05, 3.63) is 64.1 Å². The first-order chi connectivity index (χ1) is 12.9. The Labute approximate surface area is 172 Å². The molecule has 1 aliphatic heterocycles. The molecule has 144 valence electrons. The molecule has 3 rings (SSSR count). The van der Waals surface area contributed by atoms with Crippen molar-refractivity contribution in [3.63, 3.8) is 0 Å². The molecule has 8 heteroatoms. The Morgan fingerprint density at radius 3 is 2.44 bits per heavy atom. The van der Waals surface area contributed by atoms with E-state index < -0.39 is 10.0 Å². The molecular formula is C19H21BrN2O3S2. The lowest BCUT2D eigenvalue weighted by Gasteiger charge is -2.34. The molecule has 0 N–H and O–H groups in total. The minimum absolute atomic E-state index is 0.0440. The maximum absolute atomic E-state index is 12.8. The van der Waals surface area contributed by atoms with E-state index in [1.54, 1.807) is 40.9 Å². The summed E-state index contributed by atoms with van der Waals surface area (Å²) in [5, 5.41) is 0. The van der Waals surface area contributed by atoms with Crippen LogP contribution in [0.2, 0.25) is 0 Å². The summed E-state index contributed by atoms with van der Waals surface area (Å²) >= 11 is 5.02. The Morgan fingerprint density at radius 1 is 1.07 bits per heavy atom. The van der Waals surface area contributed by atoms with Crippen LogP contribution in [0.3, 0.4) is 0 Å². The third kappa shape index (κ3) is 4.74. The van der Waals surface area contributed by atoms with Gasteiger partial charge < -0.3 is 4.90 Å². The van der Waals surface area contributed by atoms with Crippen LogP contribution in [0.15, 0.2) is 57.9 Å². The van der Waals surface area contributed by atoms with Gasteiger partial charge in [0.1, 0.15) is 0 Å². The highest BCUT2D eigenvalue weighted by molar-refractivity contribution is 9.10. The van der Waals surface area contributed by atoms with Crippen molar-refractivity contribution in [2.75, 3.05) is 32.4 Å². The molecule has 0 radical (unpaired) electrons. The van der Waals surface area contributed by atoms with Crippen molar-refractivity contribution in [2.45, 2.75) is 10.6 Å². The number of carbonyl (C=O) groups is 1. The number of thioether (sulfide) groups is 1. The second-order valence-electron chi connectivity index (χ2n) is 6.29. The average Bonchev–Trinajstić information content (AvgIpc) is 2.68. The molecule has 1 saturated heterocycles. The topological polar surface area (TPSA) is 57.7 Å². The maximum Gasteiger partial charge on any atom is 0.253 e. The van der Waals surface area contributed by atoms with E-state index in [1.165, 1.54) is 4.31 Å². The molecule has 0 atom stereocenters. The summed E-state index contributed by atoms with van der Waals surface area (Å²) in [5.41, 5.74) is 1.77. The third-order valence-corrected chi connectivity index (χ3v) is 7.45. The Morgan fingerprint density at radius 2 is 1.78 bits per heavy atom. The van der Waals surface area contributed by atoms with Gasteiger partial charge in [0.05, 0.1) is 4.90 Å². The molecule has 0 aromatic heterocycles. The highest BCUT2D eigenvalue weighted by atomic mass is 79.9. The first-order valence-electron chi connectivity index (χ1n) is 8.54. The fourth-order valence-corrected chi connectivity index (χ4v) is 5.58. The van der Waals surface area contributed by atoms with Crippen LogP contribution >= 0.6 is 27.7 Å². The van der Waals surface area contributed by atoms with E-state index in [4.69, 9.17) is 0 Å². The van der Waals surface area contributed by atoms with E-state index in [0.717, 1.165) is 15.8 Å². The second-order valence-corrected chi connectivity index (χ2v) is 10.0. The number of nitrogens with zero attached hydrogens (tertiary/aromatic N) is 2. The number of rotatable bonds is 5. The summed E-state index contributed by atoms with van der Waals surface area (Å²) in [7, 11) is -3.55. The van der Waals surface area contributed by atoms with Crippen LogP contribution < -0.4 is 0 Å². The number of hydrogen-bond acceptors (Lipinski definition) is 4. The first-order valence-corrected chi connectivity index (χ1v) is 12.2. The molecule has 2 aromatic carbocycles. The SMILES string of the molecule is CSCc1cccc(C(=O)N2CCN(S(=O)(=O)c3cccc(Br)c3)CC2)c1. The minimum Gasteiger partial charge on any atom is -0.336 e. The summed E-state index contributed by atoms with van der Waals surface area (Å²) in [6.07, 6.45) is 2.03. The zero-order valence-corrected chi connectivity index (χ0v) is 18.2. The standard InChI is InChI=1S/C19H21BrN2O3S2/c1-26-14-15-4-2-5-16(12-15)19(23)21-8-10-22(11-9-21)27(24,25)18-7-3-6-17(20)13-18/h2-7,12-13H,8-11,14H2,1H3. The van der Waals surface area contributed by atoms with Crippen LogP contribution in [0.25, 0.3) is 0 Å². The van der Waals surface area contributed by atoms with E-state index in [9.17, 15) is 13.2 Å². The number of piperazine rings is 1. The number of halogens is 1. The lowest BCUT2D eigenvalue weighted by atomic mass is 10.1. The monoisotopic (exact) mass is 468 g/mol. The zero-order chi connectivity index (χ0) is 19.4. The van der Waals surface area contributed by atoms with E-state index in [2.05, 4.69) is 15.9 Å². The van der Waals surface area contributed by atoms with Gasteiger partial charge in [-0.3, -0.25) is 4.79 Å². The van der Waals surface area contributed by atoms with E-state index >= 15 is 0 Å². The summed E-state index contributed by atoms with van der Waals surface area (Å²) < 4.78 is 27.8. The quantitative estimate of drug-likeness (QED) is 0.673. The van der Waals surface area contributed by atoms with Crippen molar-refractivity contribution in [1.29, 1.82) is 0 Å². The van der Waals surface area contributed by atoms with Crippen LogP contribution in [-0.4, -0.2) is 56.0 Å². The number of amides is 1. The van der Waals surface area contributed by atoms with Crippen molar-refractivity contribution in [1.82, 2.24) is 9.21 Å². The van der Waals surface area contributed by atoms with Gasteiger partial charge in [-0.05, 0) is 42.2 Å². The number of sulfonamides is 1. The van der Waals surface area contributed by atoms with Gasteiger partial charge in [0, 0.05) is 42.0 Å². The fourth-order valence-electron chi connectivity index (χ4n) is 3.05. The molecule has 1 heterocycles. The Balaban J connectivity index is 1.68. The molecule has 0 bridgehead atoms. The molecule has 5 nitrogen and oxygen atoms in total. The second kappa shape index (κ2) is 8.77. The normalized spacial score (nSPS) is 15.7. The largest absolute Gasteiger partial charge is 0.336 e. The van der Waals surface area contributed by atoms with Gasteiger partial charge >= 0.3 is 0 Å². The smallest absolute Gasteiger partial charge is 0.253 e. The Hall–Kier alpha value is -1.35. The highest BCUT2D eigenvalue weighted by Crippen LogP contribution is 2.22. The number of benzene rings is 2. The van der Waals surface area contributed by atoms with Crippen molar-refractivity contribution >= 4 is 43.6 Å². The maximum atomic E-state index is 12.8. The average molecular weight is 469 g/mol. The summed E-state index contributed by atoms with van der Waals surface area (Å²) in [6.45, 7) is 1.37. The van der Waals surface area contributed by atoms with Crippen molar-refractivity contribution in [3.8, 4) is 0 Å². The van der Waals surface area contributed by atoms with Gasteiger partial charge in [0.2, 0.25) is 10.0 Å². The van der Waals surface area contributed by atoms with Crippen LogP contribution in [-0.2, 0) is 15.8 Å². The van der Waals surface area contributed by atoms with E-state index in [-0.39, 0.29) is 10.8 Å². The van der Waals surface area contributed by atoms with Crippen LogP contribution in [0, 0.1) is 0 Å². The van der Waals surface area contributed by atoms with Gasteiger partial charge in [-0.15, -0.1) is 0 Å². The molecular weight excluding hydrogens is 448 g/mol. The molecule has 0 spiro atoms. The predicted molar refractivity (Wildman–Crippen MR) is 112 cm³/mol. The summed E-state index contributed by atoms with van der Waals surface area (Å²) in [6, 6.07) is 14.3. The molecule has 27 heavy (non-hydrogen) atoms. The van der Waals surface area contributed by atoms with Gasteiger partial charge in [0.15, 0.2) is 0 Å². The first kappa shape index (κ1) is 20.4. The molecule has 1 amide bonds.